The summed E-state index contributed by atoms with van der Waals surface area (Å²) in [6.45, 7) is 14.1. The summed E-state index contributed by atoms with van der Waals surface area (Å²) in [5, 5.41) is 15.0. The van der Waals surface area contributed by atoms with E-state index in [9.17, 15) is 10.1 Å². The number of ether oxygens (including phenoxy) is 1. The molecule has 12 nitrogen and oxygen atoms in total. The number of hydrogen-bond donors (Lipinski definition) is 1. The van der Waals surface area contributed by atoms with Gasteiger partial charge in [-0.1, -0.05) is 18.0 Å². The minimum absolute atomic E-state index is 0.274. The van der Waals surface area contributed by atoms with E-state index in [1.54, 1.807) is 4.90 Å². The van der Waals surface area contributed by atoms with Gasteiger partial charge in [0.1, 0.15) is 28.2 Å². The summed E-state index contributed by atoms with van der Waals surface area (Å²) in [6.07, 6.45) is 7.65. The highest BCUT2D eigenvalue weighted by Gasteiger charge is 2.43. The molecular formula is C35H47N9O3S. The normalized spacial score (nSPS) is 22.5. The van der Waals surface area contributed by atoms with E-state index >= 15 is 0 Å². The molecule has 1 saturated carbocycles. The van der Waals surface area contributed by atoms with Crippen molar-refractivity contribution >= 4 is 33.9 Å². The molecule has 1 atom stereocenters. The predicted octanol–water partition coefficient (Wildman–Crippen LogP) is 5.41. The third-order valence-corrected chi connectivity index (χ3v) is 11.5. The Labute approximate surface area is 286 Å². The first-order chi connectivity index (χ1) is 23.0. The number of anilines is 3. The van der Waals surface area contributed by atoms with E-state index in [0.717, 1.165) is 67.4 Å². The maximum atomic E-state index is 12.8. The molecule has 2 aliphatic carbocycles. The number of nitrogens with two attached hydrogens (primary N) is 1. The van der Waals surface area contributed by atoms with Gasteiger partial charge in [-0.05, 0) is 65.9 Å². The fourth-order valence-corrected chi connectivity index (χ4v) is 9.07. The van der Waals surface area contributed by atoms with Crippen LogP contribution in [0.25, 0.3) is 11.5 Å². The molecule has 0 radical (unpaired) electrons. The van der Waals surface area contributed by atoms with Crippen molar-refractivity contribution in [1.82, 2.24) is 24.9 Å². The highest BCUT2D eigenvalue weighted by atomic mass is 32.1. The van der Waals surface area contributed by atoms with Crippen LogP contribution in [-0.2, 0) is 16.6 Å². The fraction of sp³-hybridized carbons (Fsp3) is 0.629. The number of amides is 1. The first-order valence-corrected chi connectivity index (χ1v) is 18.2. The van der Waals surface area contributed by atoms with Crippen LogP contribution < -0.4 is 15.5 Å². The van der Waals surface area contributed by atoms with E-state index in [1.807, 2.05) is 26.8 Å². The van der Waals surface area contributed by atoms with Crippen LogP contribution in [0.4, 0.5) is 21.3 Å². The maximum absolute atomic E-state index is 12.8. The van der Waals surface area contributed by atoms with Crippen LogP contribution in [0.2, 0.25) is 0 Å². The van der Waals surface area contributed by atoms with Crippen LogP contribution in [0.15, 0.2) is 16.7 Å². The molecule has 0 aromatic carbocycles. The number of fused-ring (bicyclic) bond motifs is 1. The highest BCUT2D eigenvalue weighted by Crippen LogP contribution is 2.48. The van der Waals surface area contributed by atoms with Gasteiger partial charge in [-0.25, -0.2) is 9.78 Å². The zero-order valence-electron chi connectivity index (χ0n) is 28.6. The molecule has 0 bridgehead atoms. The van der Waals surface area contributed by atoms with Crippen molar-refractivity contribution in [2.45, 2.75) is 89.7 Å². The second-order valence-electron chi connectivity index (χ2n) is 14.8. The number of carbonyl (C=O) groups is 1. The van der Waals surface area contributed by atoms with Gasteiger partial charge < -0.3 is 29.7 Å². The number of aromatic nitrogens is 3. The second kappa shape index (κ2) is 12.9. The third-order valence-electron chi connectivity index (χ3n) is 10.5. The predicted molar refractivity (Wildman–Crippen MR) is 186 cm³/mol. The second-order valence-corrected chi connectivity index (χ2v) is 16.0. The van der Waals surface area contributed by atoms with Crippen molar-refractivity contribution in [3.8, 4) is 17.6 Å². The number of nitrogen functional groups attached to an aromatic ring is 1. The molecule has 3 aromatic heterocycles. The Hall–Kier alpha value is -3.89. The van der Waals surface area contributed by atoms with Gasteiger partial charge in [0.15, 0.2) is 0 Å². The lowest BCUT2D eigenvalue weighted by atomic mass is 9.72. The number of thiophene rings is 1. The molecule has 48 heavy (non-hydrogen) atoms. The van der Waals surface area contributed by atoms with Crippen LogP contribution in [-0.4, -0.2) is 95.0 Å². The number of nitrogens with zero attached hydrogens (tertiary/aromatic N) is 8. The van der Waals surface area contributed by atoms with Crippen molar-refractivity contribution in [1.29, 1.82) is 5.26 Å². The summed E-state index contributed by atoms with van der Waals surface area (Å²) in [5.74, 6) is 1.82. The molecule has 2 aliphatic heterocycles. The Balaban J connectivity index is 1.17. The van der Waals surface area contributed by atoms with E-state index in [0.29, 0.717) is 60.2 Å². The van der Waals surface area contributed by atoms with Crippen LogP contribution in [0.3, 0.4) is 0 Å². The van der Waals surface area contributed by atoms with Crippen molar-refractivity contribution in [3.05, 3.63) is 34.0 Å². The minimum Gasteiger partial charge on any atom is -0.444 e. The number of rotatable bonds is 5. The summed E-state index contributed by atoms with van der Waals surface area (Å²) in [5.41, 5.74) is 8.27. The summed E-state index contributed by atoms with van der Waals surface area (Å²) in [6, 6.07) is 7.25. The van der Waals surface area contributed by atoms with Gasteiger partial charge in [0.05, 0.1) is 11.0 Å². The Kier molecular flexibility index (Phi) is 8.74. The number of piperazine rings is 2. The van der Waals surface area contributed by atoms with E-state index < -0.39 is 11.0 Å². The van der Waals surface area contributed by atoms with Gasteiger partial charge >= 0.3 is 6.09 Å². The van der Waals surface area contributed by atoms with Crippen molar-refractivity contribution < 1.29 is 14.1 Å². The largest absolute Gasteiger partial charge is 0.444 e. The first kappa shape index (κ1) is 32.6. The number of aryl methyl sites for hydroxylation is 1. The SMILES string of the molecule is CC(C)(C)OC(=O)N1CCN(c2cc(-c3noc(C4(C)CCCc5sc(N)c(C#N)c54)n3)nc(N3CCN(C4CCCC4)CC3)c2)CC1. The molecular weight excluding hydrogens is 627 g/mol. The van der Waals surface area contributed by atoms with Crippen LogP contribution in [0.5, 0.6) is 0 Å². The summed E-state index contributed by atoms with van der Waals surface area (Å²) < 4.78 is 11.6. The summed E-state index contributed by atoms with van der Waals surface area (Å²) in [4.78, 5) is 33.1. The average Bonchev–Trinajstić information content (AvgIpc) is 3.85. The molecule has 1 unspecified atom stereocenters. The number of nitriles is 1. The topological polar surface area (TPSA) is 141 Å². The van der Waals surface area contributed by atoms with Crippen LogP contribution in [0.1, 0.15) is 88.1 Å². The van der Waals surface area contributed by atoms with E-state index in [2.05, 4.69) is 38.9 Å². The lowest BCUT2D eigenvalue weighted by Gasteiger charge is -2.39. The molecule has 2 N–H and O–H groups in total. The zero-order valence-corrected chi connectivity index (χ0v) is 29.4. The molecule has 4 aliphatic rings. The number of hydrogen-bond acceptors (Lipinski definition) is 12. The number of pyridine rings is 1. The standard InChI is InChI=1S/C35H47N9O3S/c1-34(2,3)46-33(45)44-18-14-42(15-19-44)24-20-26(38-28(21-24)43-16-12-41(13-17-43)23-8-5-6-9-23)31-39-32(47-40-31)35(4)11-7-10-27-29(35)25(22-36)30(37)48-27/h20-21,23H,5-19,37H2,1-4H3. The third kappa shape index (κ3) is 6.32. The number of carbonyl (C=O) groups excluding carboxylic acids is 1. The van der Waals surface area contributed by atoms with Crippen LogP contribution >= 0.6 is 11.3 Å². The monoisotopic (exact) mass is 673 g/mol. The Bertz CT molecular complexity index is 1690. The molecule has 256 valence electrons. The summed E-state index contributed by atoms with van der Waals surface area (Å²) >= 11 is 1.50. The van der Waals surface area contributed by atoms with Gasteiger partial charge in [0.2, 0.25) is 11.7 Å². The lowest BCUT2D eigenvalue weighted by molar-refractivity contribution is 0.0240. The van der Waals surface area contributed by atoms with Crippen molar-refractivity contribution in [3.63, 3.8) is 0 Å². The molecule has 5 heterocycles. The highest BCUT2D eigenvalue weighted by molar-refractivity contribution is 7.16. The van der Waals surface area contributed by atoms with Crippen molar-refractivity contribution in [2.24, 2.45) is 0 Å². The van der Waals surface area contributed by atoms with Gasteiger partial charge in [-0.15, -0.1) is 11.3 Å². The first-order valence-electron chi connectivity index (χ1n) is 17.4. The molecule has 2 saturated heterocycles. The quantitative estimate of drug-likeness (QED) is 0.372. The average molecular weight is 674 g/mol. The minimum atomic E-state index is -0.604. The Morgan fingerprint density at radius 2 is 1.75 bits per heavy atom. The van der Waals surface area contributed by atoms with Crippen LogP contribution in [0, 0.1) is 11.3 Å². The van der Waals surface area contributed by atoms with E-state index in [-0.39, 0.29) is 6.09 Å². The molecule has 7 rings (SSSR count). The molecule has 3 aromatic rings. The Morgan fingerprint density at radius 3 is 2.44 bits per heavy atom. The van der Waals surface area contributed by atoms with Crippen molar-refractivity contribution in [2.75, 3.05) is 67.9 Å². The lowest BCUT2D eigenvalue weighted by Crippen LogP contribution is -2.50. The zero-order chi connectivity index (χ0) is 33.6. The smallest absolute Gasteiger partial charge is 0.410 e. The molecule has 3 fully saturated rings. The van der Waals surface area contributed by atoms with Gasteiger partial charge in [0, 0.05) is 80.6 Å². The molecule has 0 spiro atoms. The summed E-state index contributed by atoms with van der Waals surface area (Å²) in [7, 11) is 0. The molecule has 1 amide bonds. The van der Waals surface area contributed by atoms with E-state index in [1.165, 1.54) is 37.0 Å². The van der Waals surface area contributed by atoms with Gasteiger partial charge in [-0.2, -0.15) is 10.2 Å². The van der Waals surface area contributed by atoms with Gasteiger partial charge in [0.25, 0.3) is 0 Å². The molecule has 13 heteroatoms. The Morgan fingerprint density at radius 1 is 1.04 bits per heavy atom. The fourth-order valence-electron chi connectivity index (χ4n) is 7.88. The van der Waals surface area contributed by atoms with E-state index in [4.69, 9.17) is 25.0 Å². The van der Waals surface area contributed by atoms with Gasteiger partial charge in [-0.3, -0.25) is 4.90 Å². The maximum Gasteiger partial charge on any atom is 0.410 e.